The Kier molecular flexibility index (Phi) is 8.26. The maximum Gasteiger partial charge on any atom is 0.169 e. The number of hydrogen-bond acceptors (Lipinski definition) is 6. The molecule has 1 saturated heterocycles. The van der Waals surface area contributed by atoms with E-state index >= 15 is 0 Å². The van der Waals surface area contributed by atoms with Crippen molar-refractivity contribution in [3.8, 4) is 5.75 Å². The Bertz CT molecular complexity index is 593. The normalized spacial score (nSPS) is 20.3. The Morgan fingerprint density at radius 3 is 2.44 bits per heavy atom. The third-order valence-corrected chi connectivity index (χ3v) is 5.19. The van der Waals surface area contributed by atoms with Crippen LogP contribution in [0.3, 0.4) is 0 Å². The Morgan fingerprint density at radius 2 is 1.93 bits per heavy atom. The van der Waals surface area contributed by atoms with E-state index in [2.05, 4.69) is 13.0 Å². The van der Waals surface area contributed by atoms with Crippen LogP contribution in [0.2, 0.25) is 0 Å². The smallest absolute Gasteiger partial charge is 0.169 e. The number of hydrogen-bond donors (Lipinski definition) is 2. The van der Waals surface area contributed by atoms with E-state index in [-0.39, 0.29) is 6.61 Å². The SMILES string of the molecule is CC/C=C(\C)C(C)(C1OCCO1)[C@@H](OCc1ccc(OC)cc1)[C@H](O)CO. The molecule has 27 heavy (non-hydrogen) atoms. The molecule has 0 saturated carbocycles. The monoisotopic (exact) mass is 380 g/mol. The molecule has 0 radical (unpaired) electrons. The van der Waals surface area contributed by atoms with E-state index in [1.807, 2.05) is 38.1 Å². The lowest BCUT2D eigenvalue weighted by atomic mass is 9.74. The number of rotatable bonds is 10. The van der Waals surface area contributed by atoms with E-state index in [0.29, 0.717) is 13.2 Å². The average molecular weight is 380 g/mol. The first-order chi connectivity index (χ1) is 13.0. The Morgan fingerprint density at radius 1 is 1.30 bits per heavy atom. The lowest BCUT2D eigenvalue weighted by molar-refractivity contribution is -0.196. The Balaban J connectivity index is 2.27. The van der Waals surface area contributed by atoms with Crippen LogP contribution in [0.5, 0.6) is 5.75 Å². The highest BCUT2D eigenvalue weighted by Crippen LogP contribution is 2.42. The van der Waals surface area contributed by atoms with Crippen LogP contribution in [0.25, 0.3) is 0 Å². The first-order valence-corrected chi connectivity index (χ1v) is 9.41. The average Bonchev–Trinajstić information content (AvgIpc) is 3.23. The third-order valence-electron chi connectivity index (χ3n) is 5.19. The van der Waals surface area contributed by atoms with Gasteiger partial charge in [-0.2, -0.15) is 0 Å². The fraction of sp³-hybridized carbons (Fsp3) is 0.619. The van der Waals surface area contributed by atoms with E-state index < -0.39 is 30.5 Å². The van der Waals surface area contributed by atoms with Gasteiger partial charge >= 0.3 is 0 Å². The van der Waals surface area contributed by atoms with Gasteiger partial charge in [0.15, 0.2) is 6.29 Å². The summed E-state index contributed by atoms with van der Waals surface area (Å²) in [5, 5.41) is 20.2. The number of ether oxygens (including phenoxy) is 4. The number of aliphatic hydroxyl groups excluding tert-OH is 2. The summed E-state index contributed by atoms with van der Waals surface area (Å²) in [6.07, 6.45) is 0.618. The molecule has 0 aromatic heterocycles. The van der Waals surface area contributed by atoms with Crippen LogP contribution in [0, 0.1) is 5.41 Å². The predicted octanol–water partition coefficient (Wildman–Crippen LogP) is 2.67. The molecule has 0 aliphatic carbocycles. The highest BCUT2D eigenvalue weighted by Gasteiger charge is 2.49. The van der Waals surface area contributed by atoms with Crippen molar-refractivity contribution < 1.29 is 29.2 Å². The third kappa shape index (κ3) is 5.09. The van der Waals surface area contributed by atoms with Crippen molar-refractivity contribution in [1.29, 1.82) is 0 Å². The summed E-state index contributed by atoms with van der Waals surface area (Å²) in [4.78, 5) is 0. The van der Waals surface area contributed by atoms with Crippen molar-refractivity contribution in [2.45, 2.75) is 52.3 Å². The minimum atomic E-state index is -1.07. The van der Waals surface area contributed by atoms with Crippen molar-refractivity contribution in [3.63, 3.8) is 0 Å². The van der Waals surface area contributed by atoms with Crippen molar-refractivity contribution in [2.24, 2.45) is 5.41 Å². The maximum atomic E-state index is 10.6. The molecule has 1 fully saturated rings. The molecule has 1 aliphatic heterocycles. The zero-order chi connectivity index (χ0) is 19.9. The van der Waals surface area contributed by atoms with Gasteiger partial charge in [-0.25, -0.2) is 0 Å². The molecule has 6 nitrogen and oxygen atoms in total. The number of allylic oxidation sites excluding steroid dienone is 1. The summed E-state index contributed by atoms with van der Waals surface area (Å²) in [6, 6.07) is 7.55. The van der Waals surface area contributed by atoms with Gasteiger partial charge < -0.3 is 29.2 Å². The van der Waals surface area contributed by atoms with Gasteiger partial charge in [0.1, 0.15) is 11.9 Å². The summed E-state index contributed by atoms with van der Waals surface area (Å²) in [5.41, 5.74) is 1.21. The minimum absolute atomic E-state index is 0.285. The van der Waals surface area contributed by atoms with Crippen LogP contribution in [0.4, 0.5) is 0 Å². The molecule has 3 atom stereocenters. The maximum absolute atomic E-state index is 10.6. The topological polar surface area (TPSA) is 77.4 Å². The molecule has 152 valence electrons. The Hall–Kier alpha value is -1.44. The summed E-state index contributed by atoms with van der Waals surface area (Å²) in [5.74, 6) is 0.769. The van der Waals surface area contributed by atoms with Gasteiger partial charge in [-0.1, -0.05) is 30.7 Å². The fourth-order valence-corrected chi connectivity index (χ4v) is 3.46. The molecule has 0 bridgehead atoms. The molecule has 6 heteroatoms. The first-order valence-electron chi connectivity index (χ1n) is 9.41. The highest BCUT2D eigenvalue weighted by atomic mass is 16.7. The van der Waals surface area contributed by atoms with Gasteiger partial charge in [-0.3, -0.25) is 0 Å². The summed E-state index contributed by atoms with van der Waals surface area (Å²) in [6.45, 7) is 6.88. The van der Waals surface area contributed by atoms with Gasteiger partial charge in [-0.15, -0.1) is 0 Å². The molecule has 0 amide bonds. The molecule has 1 unspecified atom stereocenters. The Labute approximate surface area is 161 Å². The molecule has 1 heterocycles. The molecular formula is C21H32O6. The second kappa shape index (κ2) is 10.2. The van der Waals surface area contributed by atoms with Crippen LogP contribution in [-0.2, 0) is 20.8 Å². The molecule has 1 aromatic rings. The van der Waals surface area contributed by atoms with E-state index in [1.165, 1.54) is 0 Å². The van der Waals surface area contributed by atoms with Gasteiger partial charge in [0.05, 0.1) is 45.1 Å². The van der Waals surface area contributed by atoms with Crippen molar-refractivity contribution >= 4 is 0 Å². The predicted molar refractivity (Wildman–Crippen MR) is 103 cm³/mol. The number of methoxy groups -OCH3 is 1. The van der Waals surface area contributed by atoms with Crippen LogP contribution in [0.1, 0.15) is 32.8 Å². The van der Waals surface area contributed by atoms with Gasteiger partial charge in [0.25, 0.3) is 0 Å². The van der Waals surface area contributed by atoms with E-state index in [4.69, 9.17) is 18.9 Å². The van der Waals surface area contributed by atoms with Crippen molar-refractivity contribution in [2.75, 3.05) is 26.9 Å². The molecule has 1 aromatic carbocycles. The molecule has 2 rings (SSSR count). The molecular weight excluding hydrogens is 348 g/mol. The van der Waals surface area contributed by atoms with Crippen LogP contribution >= 0.6 is 0 Å². The minimum Gasteiger partial charge on any atom is -0.497 e. The van der Waals surface area contributed by atoms with E-state index in [0.717, 1.165) is 23.3 Å². The highest BCUT2D eigenvalue weighted by molar-refractivity contribution is 5.27. The fourth-order valence-electron chi connectivity index (χ4n) is 3.46. The van der Waals surface area contributed by atoms with Crippen LogP contribution in [-0.4, -0.2) is 55.6 Å². The second-order valence-corrected chi connectivity index (χ2v) is 6.98. The quantitative estimate of drug-likeness (QED) is 0.608. The lowest BCUT2D eigenvalue weighted by Gasteiger charge is -2.43. The van der Waals surface area contributed by atoms with Crippen LogP contribution < -0.4 is 4.74 Å². The van der Waals surface area contributed by atoms with Gasteiger partial charge in [-0.05, 0) is 38.0 Å². The zero-order valence-corrected chi connectivity index (χ0v) is 16.7. The van der Waals surface area contributed by atoms with E-state index in [1.54, 1.807) is 7.11 Å². The first kappa shape index (κ1) is 21.9. The number of aliphatic hydroxyl groups is 2. The van der Waals surface area contributed by atoms with Gasteiger partial charge in [0.2, 0.25) is 0 Å². The standard InChI is InChI=1S/C21H32O6/c1-5-6-15(2)21(3,20-25-11-12-26-20)19(18(23)13-22)27-14-16-7-9-17(24-4)10-8-16/h6-10,18-20,22-23H,5,11-14H2,1-4H3/b15-6+/t18-,19+,21?/m1/s1. The van der Waals surface area contributed by atoms with E-state index in [9.17, 15) is 10.2 Å². The second-order valence-electron chi connectivity index (χ2n) is 6.98. The van der Waals surface area contributed by atoms with Crippen LogP contribution in [0.15, 0.2) is 35.9 Å². The van der Waals surface area contributed by atoms with Crippen molar-refractivity contribution in [1.82, 2.24) is 0 Å². The summed E-state index contributed by atoms with van der Waals surface area (Å²) < 4.78 is 22.9. The summed E-state index contributed by atoms with van der Waals surface area (Å²) >= 11 is 0. The van der Waals surface area contributed by atoms with Crippen molar-refractivity contribution in [3.05, 3.63) is 41.5 Å². The summed E-state index contributed by atoms with van der Waals surface area (Å²) in [7, 11) is 1.62. The largest absolute Gasteiger partial charge is 0.497 e. The molecule has 0 spiro atoms. The zero-order valence-electron chi connectivity index (χ0n) is 16.7. The van der Waals surface area contributed by atoms with Gasteiger partial charge in [0, 0.05) is 0 Å². The number of benzene rings is 1. The molecule has 1 aliphatic rings. The lowest BCUT2D eigenvalue weighted by Crippen LogP contribution is -2.52. The molecule has 2 N–H and O–H groups in total.